The van der Waals surface area contributed by atoms with Crippen molar-refractivity contribution in [1.29, 1.82) is 0 Å². The third-order valence-corrected chi connectivity index (χ3v) is 3.00. The molecule has 0 saturated heterocycles. The van der Waals surface area contributed by atoms with Crippen molar-refractivity contribution in [1.82, 2.24) is 0 Å². The van der Waals surface area contributed by atoms with E-state index in [1.165, 1.54) is 11.3 Å². The molecular formula is C14H20ClNO2. The van der Waals surface area contributed by atoms with Crippen LogP contribution in [-0.2, 0) is 16.0 Å². The number of carbonyl (C=O) groups is 1. The number of hydrogen-bond donors (Lipinski definition) is 0. The minimum absolute atomic E-state index is 0.485. The number of aryl methyl sites for hydroxylation is 1. The van der Waals surface area contributed by atoms with E-state index in [9.17, 15) is 4.79 Å². The summed E-state index contributed by atoms with van der Waals surface area (Å²) in [5.41, 5.74) is 2.46. The zero-order valence-corrected chi connectivity index (χ0v) is 11.5. The first-order valence-electron chi connectivity index (χ1n) is 6.27. The average molecular weight is 270 g/mol. The molecule has 0 aliphatic carbocycles. The van der Waals surface area contributed by atoms with Gasteiger partial charge in [0.25, 0.3) is 6.47 Å². The molecular weight excluding hydrogens is 250 g/mol. The lowest BCUT2D eigenvalue weighted by atomic mass is 10.1. The van der Waals surface area contributed by atoms with Crippen LogP contribution in [0.25, 0.3) is 0 Å². The van der Waals surface area contributed by atoms with Gasteiger partial charge in [-0.3, -0.25) is 4.79 Å². The van der Waals surface area contributed by atoms with Gasteiger partial charge in [0.15, 0.2) is 0 Å². The molecule has 0 saturated carbocycles. The van der Waals surface area contributed by atoms with Gasteiger partial charge in [0, 0.05) is 24.7 Å². The molecule has 4 heteroatoms. The van der Waals surface area contributed by atoms with E-state index < -0.39 is 0 Å². The topological polar surface area (TPSA) is 29.5 Å². The highest BCUT2D eigenvalue weighted by Crippen LogP contribution is 2.16. The summed E-state index contributed by atoms with van der Waals surface area (Å²) in [5, 5.41) is 0. The van der Waals surface area contributed by atoms with E-state index in [0.717, 1.165) is 25.9 Å². The van der Waals surface area contributed by atoms with Gasteiger partial charge in [0.1, 0.15) is 0 Å². The van der Waals surface area contributed by atoms with Crippen molar-refractivity contribution < 1.29 is 9.53 Å². The second kappa shape index (κ2) is 8.81. The molecule has 0 fully saturated rings. The Bertz CT molecular complexity index is 340. The van der Waals surface area contributed by atoms with Crippen molar-refractivity contribution in [3.05, 3.63) is 29.8 Å². The first-order valence-corrected chi connectivity index (χ1v) is 6.80. The van der Waals surface area contributed by atoms with Crippen molar-refractivity contribution >= 4 is 23.8 Å². The molecule has 0 aromatic heterocycles. The minimum atomic E-state index is 0.485. The number of hydrogen-bond acceptors (Lipinski definition) is 3. The predicted molar refractivity (Wildman–Crippen MR) is 75.4 cm³/mol. The summed E-state index contributed by atoms with van der Waals surface area (Å²) in [6.45, 7) is 4.92. The molecule has 0 spiro atoms. The number of halogens is 1. The molecule has 0 aliphatic rings. The summed E-state index contributed by atoms with van der Waals surface area (Å²) in [6, 6.07) is 8.47. The summed E-state index contributed by atoms with van der Waals surface area (Å²) < 4.78 is 4.66. The van der Waals surface area contributed by atoms with E-state index in [1.807, 2.05) is 0 Å². The maximum absolute atomic E-state index is 9.99. The number of anilines is 1. The molecule has 0 heterocycles. The van der Waals surface area contributed by atoms with Gasteiger partial charge in [-0.15, -0.1) is 11.6 Å². The van der Waals surface area contributed by atoms with E-state index in [-0.39, 0.29) is 0 Å². The molecule has 18 heavy (non-hydrogen) atoms. The Hall–Kier alpha value is -1.22. The van der Waals surface area contributed by atoms with E-state index in [0.29, 0.717) is 19.0 Å². The Kier molecular flexibility index (Phi) is 7.26. The first kappa shape index (κ1) is 14.8. The van der Waals surface area contributed by atoms with E-state index in [1.54, 1.807) is 0 Å². The maximum atomic E-state index is 9.99. The molecule has 1 rings (SSSR count). The molecule has 1 aromatic carbocycles. The zero-order valence-electron chi connectivity index (χ0n) is 10.8. The molecule has 100 valence electrons. The summed E-state index contributed by atoms with van der Waals surface area (Å²) in [7, 11) is 0. The van der Waals surface area contributed by atoms with Gasteiger partial charge < -0.3 is 9.64 Å². The van der Waals surface area contributed by atoms with Crippen LogP contribution < -0.4 is 4.90 Å². The highest BCUT2D eigenvalue weighted by atomic mass is 35.5. The second-order valence-corrected chi connectivity index (χ2v) is 4.38. The number of alkyl halides is 1. The number of benzene rings is 1. The molecule has 0 atom stereocenters. The van der Waals surface area contributed by atoms with Gasteiger partial charge in [-0.1, -0.05) is 12.1 Å². The highest BCUT2D eigenvalue weighted by Gasteiger charge is 2.03. The fourth-order valence-corrected chi connectivity index (χ4v) is 2.06. The standard InChI is InChI=1S/C14H20ClNO2/c1-2-16(10-9-15)14-7-5-13(6-8-14)4-3-11-18-12-17/h5-8,12H,2-4,9-11H2,1H3. The smallest absolute Gasteiger partial charge is 0.293 e. The average Bonchev–Trinajstić information content (AvgIpc) is 2.42. The Balaban J connectivity index is 2.48. The Morgan fingerprint density at radius 1 is 1.33 bits per heavy atom. The van der Waals surface area contributed by atoms with Crippen LogP contribution in [-0.4, -0.2) is 32.0 Å². The van der Waals surface area contributed by atoms with Gasteiger partial charge in [-0.05, 0) is 37.5 Å². The Morgan fingerprint density at radius 3 is 2.61 bits per heavy atom. The fourth-order valence-electron chi connectivity index (χ4n) is 1.85. The SMILES string of the molecule is CCN(CCCl)c1ccc(CCCOC=O)cc1. The van der Waals surface area contributed by atoms with Crippen molar-refractivity contribution in [3.63, 3.8) is 0 Å². The molecule has 0 unspecified atom stereocenters. The summed E-state index contributed by atoms with van der Waals surface area (Å²) in [6.07, 6.45) is 1.78. The molecule has 0 radical (unpaired) electrons. The molecule has 0 amide bonds. The number of rotatable bonds is 9. The lowest BCUT2D eigenvalue weighted by Gasteiger charge is -2.22. The van der Waals surface area contributed by atoms with E-state index in [4.69, 9.17) is 11.6 Å². The summed E-state index contributed by atoms with van der Waals surface area (Å²) in [5.74, 6) is 0.638. The van der Waals surface area contributed by atoms with Crippen LogP contribution >= 0.6 is 11.6 Å². The lowest BCUT2D eigenvalue weighted by Crippen LogP contribution is -2.24. The van der Waals surface area contributed by atoms with Crippen LogP contribution in [0.3, 0.4) is 0 Å². The summed E-state index contributed by atoms with van der Waals surface area (Å²) in [4.78, 5) is 12.2. The van der Waals surface area contributed by atoms with Gasteiger partial charge >= 0.3 is 0 Å². The molecule has 3 nitrogen and oxygen atoms in total. The van der Waals surface area contributed by atoms with Gasteiger partial charge in [-0.25, -0.2) is 0 Å². The fraction of sp³-hybridized carbons (Fsp3) is 0.500. The second-order valence-electron chi connectivity index (χ2n) is 4.01. The number of nitrogens with zero attached hydrogens (tertiary/aromatic N) is 1. The van der Waals surface area contributed by atoms with Crippen molar-refractivity contribution in [2.45, 2.75) is 19.8 Å². The molecule has 1 aromatic rings. The van der Waals surface area contributed by atoms with Crippen molar-refractivity contribution in [2.24, 2.45) is 0 Å². The minimum Gasteiger partial charge on any atom is -0.468 e. The first-order chi connectivity index (χ1) is 8.81. The van der Waals surface area contributed by atoms with Crippen LogP contribution in [0, 0.1) is 0 Å². The van der Waals surface area contributed by atoms with Crippen LogP contribution in [0.1, 0.15) is 18.9 Å². The van der Waals surface area contributed by atoms with Gasteiger partial charge in [-0.2, -0.15) is 0 Å². The van der Waals surface area contributed by atoms with Crippen LogP contribution in [0.5, 0.6) is 0 Å². The maximum Gasteiger partial charge on any atom is 0.293 e. The third-order valence-electron chi connectivity index (χ3n) is 2.83. The largest absolute Gasteiger partial charge is 0.468 e. The molecule has 0 aliphatic heterocycles. The Labute approximate surface area is 114 Å². The normalized spacial score (nSPS) is 10.1. The van der Waals surface area contributed by atoms with Crippen molar-refractivity contribution in [3.8, 4) is 0 Å². The van der Waals surface area contributed by atoms with Crippen LogP contribution in [0.15, 0.2) is 24.3 Å². The molecule has 0 bridgehead atoms. The number of ether oxygens (including phenoxy) is 1. The van der Waals surface area contributed by atoms with Crippen LogP contribution in [0.2, 0.25) is 0 Å². The summed E-state index contributed by atoms with van der Waals surface area (Å²) >= 11 is 5.77. The quantitative estimate of drug-likeness (QED) is 0.392. The zero-order chi connectivity index (χ0) is 13.2. The van der Waals surface area contributed by atoms with Gasteiger partial charge in [0.2, 0.25) is 0 Å². The van der Waals surface area contributed by atoms with Crippen LogP contribution in [0.4, 0.5) is 5.69 Å². The Morgan fingerprint density at radius 2 is 2.06 bits per heavy atom. The van der Waals surface area contributed by atoms with Gasteiger partial charge in [0.05, 0.1) is 6.61 Å². The third kappa shape index (κ3) is 4.96. The monoisotopic (exact) mass is 269 g/mol. The number of carbonyl (C=O) groups excluding carboxylic acids is 1. The van der Waals surface area contributed by atoms with Crippen molar-refractivity contribution in [2.75, 3.05) is 30.5 Å². The highest BCUT2D eigenvalue weighted by molar-refractivity contribution is 6.18. The van der Waals surface area contributed by atoms with E-state index in [2.05, 4.69) is 40.8 Å². The molecule has 0 N–H and O–H groups in total. The van der Waals surface area contributed by atoms with E-state index >= 15 is 0 Å². The predicted octanol–water partition coefficient (Wildman–Crippen LogP) is 2.86. The lowest BCUT2D eigenvalue weighted by molar-refractivity contribution is -0.128.